The van der Waals surface area contributed by atoms with Crippen molar-refractivity contribution in [2.75, 3.05) is 0 Å². The molecule has 3 aromatic carbocycles. The molecule has 0 atom stereocenters. The second kappa shape index (κ2) is 7.95. The van der Waals surface area contributed by atoms with Crippen molar-refractivity contribution in [2.45, 2.75) is 58.6 Å². The molecule has 6 rings (SSSR count). The molecule has 0 bridgehead atoms. The zero-order valence-electron chi connectivity index (χ0n) is 26.1. The molecular weight excluding hydrogens is 418 g/mol. The fraction of sp³-hybridized carbons (Fsp3) is 0.323. The van der Waals surface area contributed by atoms with Gasteiger partial charge >= 0.3 is 0 Å². The molecule has 1 aliphatic rings. The van der Waals surface area contributed by atoms with Gasteiger partial charge in [0.15, 0.2) is 6.20 Å². The molecular formula is C31H32NS+. The molecule has 0 radical (unpaired) electrons. The number of pyridine rings is 1. The SMILES string of the molecule is [2H]C([2H])([2H])c1ccc(-c2c3sc4cc5ccc(C6([2H])CCCCC6)cc5cc4c3c(C([2H])([2H])[2H])c[n+]2C)c(C)c1. The summed E-state index contributed by atoms with van der Waals surface area (Å²) >= 11 is 1.57. The smallest absolute Gasteiger partial charge is 0.200 e. The van der Waals surface area contributed by atoms with Gasteiger partial charge in [-0.25, -0.2) is 0 Å². The van der Waals surface area contributed by atoms with E-state index in [1.54, 1.807) is 29.7 Å². The van der Waals surface area contributed by atoms with E-state index in [0.29, 0.717) is 5.56 Å². The minimum atomic E-state index is -2.31. The third-order valence-corrected chi connectivity index (χ3v) is 8.31. The standard InChI is InChI=1S/C31H32NS/c1-19-10-13-26(20(2)14-19)30-31-29(21(3)18-32(30)4)27-16-25-15-23(22-8-6-5-7-9-22)11-12-24(25)17-28(27)33-31/h10-18,22H,5-9H2,1-4H3/q+1/i1D3,3D3,22D. The first-order chi connectivity index (χ1) is 18.8. The molecule has 1 nitrogen and oxygen atoms in total. The van der Waals surface area contributed by atoms with Gasteiger partial charge in [0.05, 0.1) is 5.56 Å². The van der Waals surface area contributed by atoms with Crippen molar-refractivity contribution < 1.29 is 14.2 Å². The molecule has 0 aliphatic heterocycles. The third-order valence-electron chi connectivity index (χ3n) is 7.15. The fourth-order valence-corrected chi connectivity index (χ4v) is 6.84. The minimum Gasteiger partial charge on any atom is -0.200 e. The Hall–Kier alpha value is -2.71. The average molecular weight is 458 g/mol. The Balaban J connectivity index is 1.64. The highest BCUT2D eigenvalue weighted by Gasteiger charge is 2.23. The molecule has 166 valence electrons. The van der Waals surface area contributed by atoms with Gasteiger partial charge < -0.3 is 0 Å². The first kappa shape index (κ1) is 14.5. The second-order valence-corrected chi connectivity index (χ2v) is 10.5. The molecule has 0 spiro atoms. The van der Waals surface area contributed by atoms with Crippen LogP contribution in [0, 0.1) is 20.6 Å². The Bertz CT molecular complexity index is 1790. The highest BCUT2D eigenvalue weighted by atomic mass is 32.1. The van der Waals surface area contributed by atoms with E-state index in [1.807, 2.05) is 24.6 Å². The summed E-state index contributed by atoms with van der Waals surface area (Å²) in [6.07, 6.45) is 6.77. The van der Waals surface area contributed by atoms with E-state index in [-0.39, 0.29) is 5.56 Å². The molecule has 0 amide bonds. The summed E-state index contributed by atoms with van der Waals surface area (Å²) < 4.78 is 61.4. The van der Waals surface area contributed by atoms with Crippen LogP contribution in [0.25, 0.3) is 42.2 Å². The van der Waals surface area contributed by atoms with Crippen molar-refractivity contribution in [1.82, 2.24) is 0 Å². The molecule has 1 saturated carbocycles. The Kier molecular flexibility index (Phi) is 3.50. The molecule has 33 heavy (non-hydrogen) atoms. The number of thiophene rings is 1. The first-order valence-corrected chi connectivity index (χ1v) is 12.5. The minimum absolute atomic E-state index is 0.287. The summed E-state index contributed by atoms with van der Waals surface area (Å²) in [6.45, 7) is -2.61. The summed E-state index contributed by atoms with van der Waals surface area (Å²) in [4.78, 5) is 0. The van der Waals surface area contributed by atoms with E-state index in [0.717, 1.165) is 79.0 Å². The number of fused-ring (bicyclic) bond motifs is 4. The molecule has 2 heteroatoms. The van der Waals surface area contributed by atoms with E-state index in [2.05, 4.69) is 30.3 Å². The maximum Gasteiger partial charge on any atom is 0.230 e. The molecule has 0 saturated heterocycles. The van der Waals surface area contributed by atoms with E-state index < -0.39 is 19.6 Å². The average Bonchev–Trinajstić information content (AvgIpc) is 3.24. The highest BCUT2D eigenvalue weighted by molar-refractivity contribution is 7.26. The van der Waals surface area contributed by atoms with Gasteiger partial charge in [-0.2, -0.15) is 4.57 Å². The van der Waals surface area contributed by atoms with E-state index >= 15 is 0 Å². The van der Waals surface area contributed by atoms with E-state index in [9.17, 15) is 0 Å². The van der Waals surface area contributed by atoms with Gasteiger partial charge in [-0.3, -0.25) is 0 Å². The Morgan fingerprint density at radius 2 is 1.82 bits per heavy atom. The van der Waals surface area contributed by atoms with Gasteiger partial charge in [0, 0.05) is 30.6 Å². The molecule has 0 N–H and O–H groups in total. The lowest BCUT2D eigenvalue weighted by atomic mass is 9.83. The lowest BCUT2D eigenvalue weighted by Crippen LogP contribution is -2.31. The number of rotatable bonds is 2. The van der Waals surface area contributed by atoms with Crippen molar-refractivity contribution >= 4 is 42.3 Å². The Labute approximate surface area is 210 Å². The van der Waals surface area contributed by atoms with Crippen LogP contribution in [0.5, 0.6) is 0 Å². The van der Waals surface area contributed by atoms with Crippen LogP contribution in [0.2, 0.25) is 0 Å². The maximum absolute atomic E-state index is 9.13. The number of nitrogens with zero attached hydrogens (tertiary/aromatic N) is 1. The van der Waals surface area contributed by atoms with Gasteiger partial charge in [-0.15, -0.1) is 11.3 Å². The summed E-state index contributed by atoms with van der Waals surface area (Å²) in [6, 6.07) is 15.7. The maximum atomic E-state index is 9.13. The van der Waals surface area contributed by atoms with E-state index in [1.165, 1.54) is 6.42 Å². The molecule has 1 fully saturated rings. The van der Waals surface area contributed by atoms with Gasteiger partial charge in [-0.05, 0) is 79.5 Å². The van der Waals surface area contributed by atoms with Crippen molar-refractivity contribution in [3.8, 4) is 11.3 Å². The first-order valence-electron chi connectivity index (χ1n) is 15.2. The predicted octanol–water partition coefficient (Wildman–Crippen LogP) is 8.67. The quantitative estimate of drug-likeness (QED) is 0.233. The zero-order valence-corrected chi connectivity index (χ0v) is 19.9. The lowest BCUT2D eigenvalue weighted by molar-refractivity contribution is -0.659. The van der Waals surface area contributed by atoms with Crippen LogP contribution in [0.15, 0.2) is 54.7 Å². The van der Waals surface area contributed by atoms with Gasteiger partial charge in [-0.1, -0.05) is 55.2 Å². The summed E-state index contributed by atoms with van der Waals surface area (Å²) in [5.41, 5.74) is 4.20. The number of hydrogen-bond acceptors (Lipinski definition) is 1. The molecule has 2 heterocycles. The van der Waals surface area contributed by atoms with Gasteiger partial charge in [0.2, 0.25) is 5.69 Å². The van der Waals surface area contributed by atoms with Crippen molar-refractivity contribution in [3.05, 3.63) is 77.0 Å². The third kappa shape index (κ3) is 3.47. The summed E-state index contributed by atoms with van der Waals surface area (Å²) in [5.74, 6) is -0.568. The Morgan fingerprint density at radius 3 is 2.61 bits per heavy atom. The Morgan fingerprint density at radius 1 is 0.939 bits per heavy atom. The van der Waals surface area contributed by atoms with Crippen LogP contribution in [0.1, 0.15) is 69.8 Å². The molecule has 5 aromatic rings. The number of hydrogen-bond donors (Lipinski definition) is 0. The lowest BCUT2D eigenvalue weighted by Gasteiger charge is -2.22. The van der Waals surface area contributed by atoms with Crippen LogP contribution >= 0.6 is 11.3 Å². The molecule has 2 aromatic heterocycles. The number of aromatic nitrogens is 1. The highest BCUT2D eigenvalue weighted by Crippen LogP contribution is 2.43. The van der Waals surface area contributed by atoms with Crippen molar-refractivity contribution in [2.24, 2.45) is 7.05 Å². The van der Waals surface area contributed by atoms with Crippen LogP contribution in [-0.4, -0.2) is 0 Å². The topological polar surface area (TPSA) is 3.88 Å². The monoisotopic (exact) mass is 457 g/mol. The van der Waals surface area contributed by atoms with Gasteiger partial charge in [0.25, 0.3) is 0 Å². The van der Waals surface area contributed by atoms with Crippen molar-refractivity contribution in [1.29, 1.82) is 0 Å². The summed E-state index contributed by atoms with van der Waals surface area (Å²) in [5, 5.41) is 3.71. The van der Waals surface area contributed by atoms with Crippen LogP contribution in [0.3, 0.4) is 0 Å². The van der Waals surface area contributed by atoms with Gasteiger partial charge in [0.1, 0.15) is 11.7 Å². The van der Waals surface area contributed by atoms with Crippen LogP contribution < -0.4 is 4.57 Å². The molecule has 1 aliphatic carbocycles. The van der Waals surface area contributed by atoms with Crippen LogP contribution in [-0.2, 0) is 7.05 Å². The summed E-state index contributed by atoms with van der Waals surface area (Å²) in [7, 11) is 1.85. The fourth-order valence-electron chi connectivity index (χ4n) is 5.49. The normalized spacial score (nSPS) is 20.0. The second-order valence-electron chi connectivity index (χ2n) is 9.41. The van der Waals surface area contributed by atoms with E-state index in [4.69, 9.17) is 9.60 Å². The van der Waals surface area contributed by atoms with Crippen LogP contribution in [0.4, 0.5) is 0 Å². The number of aryl methyl sites for hydroxylation is 4. The molecule has 0 unspecified atom stereocenters. The number of benzene rings is 3. The largest absolute Gasteiger partial charge is 0.230 e. The predicted molar refractivity (Wildman–Crippen MR) is 143 cm³/mol. The zero-order chi connectivity index (χ0) is 28.6. The van der Waals surface area contributed by atoms with Crippen molar-refractivity contribution in [3.63, 3.8) is 0 Å².